The molecule has 5 heteroatoms. The number of ether oxygens (including phenoxy) is 2. The maximum absolute atomic E-state index is 12.2. The highest BCUT2D eigenvalue weighted by Gasteiger charge is 2.25. The number of fused-ring (bicyclic) bond motifs is 1. The van der Waals surface area contributed by atoms with Crippen LogP contribution in [-0.2, 0) is 9.53 Å². The second-order valence-electron chi connectivity index (χ2n) is 7.98. The van der Waals surface area contributed by atoms with Gasteiger partial charge >= 0.3 is 5.97 Å². The Morgan fingerprint density at radius 2 is 1.94 bits per heavy atom. The fourth-order valence-electron chi connectivity index (χ4n) is 4.33. The summed E-state index contributed by atoms with van der Waals surface area (Å²) < 4.78 is 11.3. The van der Waals surface area contributed by atoms with Crippen LogP contribution in [0.2, 0.25) is 0 Å². The van der Waals surface area contributed by atoms with Crippen molar-refractivity contribution < 1.29 is 14.3 Å². The molecule has 1 fully saturated rings. The van der Waals surface area contributed by atoms with Crippen LogP contribution >= 0.6 is 0 Å². The maximum atomic E-state index is 12.2. The third-order valence-electron chi connectivity index (χ3n) is 5.93. The van der Waals surface area contributed by atoms with Crippen molar-refractivity contribution in [1.29, 1.82) is 5.26 Å². The molecule has 31 heavy (non-hydrogen) atoms. The van der Waals surface area contributed by atoms with Gasteiger partial charge in [0.1, 0.15) is 5.75 Å². The van der Waals surface area contributed by atoms with E-state index in [2.05, 4.69) is 17.1 Å². The van der Waals surface area contributed by atoms with Crippen LogP contribution in [0.4, 0.5) is 0 Å². The van der Waals surface area contributed by atoms with E-state index >= 15 is 0 Å². The molecule has 0 spiro atoms. The molecular formula is C26H26N2O3. The Kier molecular flexibility index (Phi) is 6.18. The largest absolute Gasteiger partial charge is 0.479 e. The van der Waals surface area contributed by atoms with Gasteiger partial charge in [0.05, 0.1) is 18.2 Å². The third-order valence-corrected chi connectivity index (χ3v) is 5.93. The summed E-state index contributed by atoms with van der Waals surface area (Å²) in [7, 11) is 0. The number of pyridine rings is 1. The smallest absolute Gasteiger partial charge is 0.347 e. The number of nitrogens with zero attached hydrogens (tertiary/aromatic N) is 2. The van der Waals surface area contributed by atoms with E-state index < -0.39 is 6.10 Å². The zero-order valence-corrected chi connectivity index (χ0v) is 17.9. The Labute approximate surface area is 182 Å². The van der Waals surface area contributed by atoms with Gasteiger partial charge < -0.3 is 9.47 Å². The van der Waals surface area contributed by atoms with Crippen LogP contribution in [0.1, 0.15) is 56.6 Å². The van der Waals surface area contributed by atoms with Crippen LogP contribution in [0.15, 0.2) is 48.8 Å². The quantitative estimate of drug-likeness (QED) is 0.479. The van der Waals surface area contributed by atoms with Gasteiger partial charge in [0.2, 0.25) is 0 Å². The lowest BCUT2D eigenvalue weighted by molar-refractivity contribution is -0.150. The molecule has 0 N–H and O–H groups in total. The number of rotatable bonds is 6. The first kappa shape index (κ1) is 20.9. The van der Waals surface area contributed by atoms with Crippen molar-refractivity contribution in [3.8, 4) is 22.9 Å². The van der Waals surface area contributed by atoms with E-state index in [0.29, 0.717) is 18.1 Å². The molecule has 0 bridgehead atoms. The van der Waals surface area contributed by atoms with Crippen molar-refractivity contribution in [2.24, 2.45) is 0 Å². The lowest BCUT2D eigenvalue weighted by Gasteiger charge is -2.21. The van der Waals surface area contributed by atoms with E-state index in [0.717, 1.165) is 46.1 Å². The highest BCUT2D eigenvalue weighted by Crippen LogP contribution is 2.42. The Morgan fingerprint density at radius 3 is 2.61 bits per heavy atom. The molecule has 1 heterocycles. The average Bonchev–Trinajstić information content (AvgIpc) is 3.33. The van der Waals surface area contributed by atoms with E-state index in [9.17, 15) is 4.79 Å². The van der Waals surface area contributed by atoms with Crippen LogP contribution in [-0.4, -0.2) is 23.7 Å². The molecule has 0 amide bonds. The summed E-state index contributed by atoms with van der Waals surface area (Å²) in [4.78, 5) is 16.7. The van der Waals surface area contributed by atoms with Crippen molar-refractivity contribution in [1.82, 2.24) is 4.98 Å². The topological polar surface area (TPSA) is 72.2 Å². The number of esters is 1. The van der Waals surface area contributed by atoms with Crippen molar-refractivity contribution >= 4 is 16.7 Å². The Balaban J connectivity index is 1.81. The Hall–Kier alpha value is -3.39. The van der Waals surface area contributed by atoms with Gasteiger partial charge in [0, 0.05) is 23.3 Å². The van der Waals surface area contributed by atoms with Crippen LogP contribution < -0.4 is 4.74 Å². The van der Waals surface area contributed by atoms with Crippen LogP contribution in [0, 0.1) is 11.3 Å². The lowest BCUT2D eigenvalue weighted by atomic mass is 9.92. The molecule has 0 radical (unpaired) electrons. The van der Waals surface area contributed by atoms with Crippen molar-refractivity contribution in [3.05, 3.63) is 59.9 Å². The standard InChI is InChI=1S/C26H26N2O3/c1-3-30-26(29)17(2)31-25-13-22-21(12-23(25)19-6-4-5-7-19)15-28-16-24(22)20-10-8-18(14-27)9-11-20/h8-13,15-17,19H,3-7H2,1-2H3/t17-/m0/s1. The van der Waals surface area contributed by atoms with E-state index in [1.807, 2.05) is 30.6 Å². The number of nitriles is 1. The summed E-state index contributed by atoms with van der Waals surface area (Å²) in [5.41, 5.74) is 3.70. The Bertz CT molecular complexity index is 1130. The normalized spacial score (nSPS) is 14.9. The molecule has 5 nitrogen and oxygen atoms in total. The first-order valence-corrected chi connectivity index (χ1v) is 10.9. The predicted molar refractivity (Wildman–Crippen MR) is 120 cm³/mol. The van der Waals surface area contributed by atoms with Gasteiger partial charge in [-0.25, -0.2) is 4.79 Å². The van der Waals surface area contributed by atoms with Crippen LogP contribution in [0.5, 0.6) is 5.75 Å². The van der Waals surface area contributed by atoms with E-state index in [1.165, 1.54) is 12.8 Å². The number of hydrogen-bond acceptors (Lipinski definition) is 5. The van der Waals surface area contributed by atoms with Crippen molar-refractivity contribution in [2.45, 2.75) is 51.6 Å². The molecule has 3 aromatic rings. The van der Waals surface area contributed by atoms with E-state index in [-0.39, 0.29) is 5.97 Å². The summed E-state index contributed by atoms with van der Waals surface area (Å²) in [6.07, 6.45) is 7.68. The third kappa shape index (κ3) is 4.39. The molecule has 4 rings (SSSR count). The summed E-state index contributed by atoms with van der Waals surface area (Å²) >= 11 is 0. The van der Waals surface area contributed by atoms with Gasteiger partial charge in [-0.1, -0.05) is 25.0 Å². The summed E-state index contributed by atoms with van der Waals surface area (Å²) in [6, 6.07) is 13.8. The van der Waals surface area contributed by atoms with Gasteiger partial charge in [-0.05, 0) is 73.4 Å². The molecule has 1 aliphatic carbocycles. The summed E-state index contributed by atoms with van der Waals surface area (Å²) in [6.45, 7) is 3.85. The molecule has 1 aromatic heterocycles. The van der Waals surface area contributed by atoms with E-state index in [1.54, 1.807) is 26.0 Å². The highest BCUT2D eigenvalue weighted by molar-refractivity contribution is 5.97. The molecule has 0 unspecified atom stereocenters. The molecule has 0 aliphatic heterocycles. The van der Waals surface area contributed by atoms with Gasteiger partial charge in [-0.3, -0.25) is 4.98 Å². The first-order valence-electron chi connectivity index (χ1n) is 10.9. The second kappa shape index (κ2) is 9.18. The molecule has 2 aromatic carbocycles. The summed E-state index contributed by atoms with van der Waals surface area (Å²) in [5, 5.41) is 11.1. The minimum Gasteiger partial charge on any atom is -0.479 e. The monoisotopic (exact) mass is 414 g/mol. The second-order valence-corrected chi connectivity index (χ2v) is 7.98. The zero-order valence-electron chi connectivity index (χ0n) is 17.9. The number of aromatic nitrogens is 1. The van der Waals surface area contributed by atoms with Gasteiger partial charge in [-0.2, -0.15) is 5.26 Å². The van der Waals surface area contributed by atoms with Crippen LogP contribution in [0.3, 0.4) is 0 Å². The average molecular weight is 415 g/mol. The van der Waals surface area contributed by atoms with Gasteiger partial charge in [0.25, 0.3) is 0 Å². The zero-order chi connectivity index (χ0) is 21.8. The van der Waals surface area contributed by atoms with Crippen molar-refractivity contribution in [3.63, 3.8) is 0 Å². The highest BCUT2D eigenvalue weighted by atomic mass is 16.6. The number of hydrogen-bond donors (Lipinski definition) is 0. The molecule has 1 aliphatic rings. The molecule has 1 atom stereocenters. The predicted octanol–water partition coefficient (Wildman–Crippen LogP) is 5.76. The fraction of sp³-hybridized carbons (Fsp3) is 0.346. The molecular weight excluding hydrogens is 388 g/mol. The minimum atomic E-state index is -0.683. The van der Waals surface area contributed by atoms with Gasteiger partial charge in [0.15, 0.2) is 6.10 Å². The number of carbonyl (C=O) groups is 1. The lowest BCUT2D eigenvalue weighted by Crippen LogP contribution is -2.26. The van der Waals surface area contributed by atoms with Crippen molar-refractivity contribution in [2.75, 3.05) is 6.61 Å². The molecule has 0 saturated heterocycles. The molecule has 158 valence electrons. The maximum Gasteiger partial charge on any atom is 0.347 e. The van der Waals surface area contributed by atoms with E-state index in [4.69, 9.17) is 14.7 Å². The fourth-order valence-corrected chi connectivity index (χ4v) is 4.33. The van der Waals surface area contributed by atoms with Gasteiger partial charge in [-0.15, -0.1) is 0 Å². The number of carbonyl (C=O) groups excluding carboxylic acids is 1. The Morgan fingerprint density at radius 1 is 1.19 bits per heavy atom. The first-order chi connectivity index (χ1) is 15.1. The summed E-state index contributed by atoms with van der Waals surface area (Å²) in [5.74, 6) is 0.801. The van der Waals surface area contributed by atoms with Crippen LogP contribution in [0.25, 0.3) is 21.9 Å². The minimum absolute atomic E-state index is 0.328. The molecule has 1 saturated carbocycles. The SMILES string of the molecule is CCOC(=O)[C@H](C)Oc1cc2c(-c3ccc(C#N)cc3)cncc2cc1C1CCCC1. The number of benzene rings is 2.